The van der Waals surface area contributed by atoms with Gasteiger partial charge >= 0.3 is 0 Å². The van der Waals surface area contributed by atoms with Crippen molar-refractivity contribution in [3.8, 4) is 0 Å². The van der Waals surface area contributed by atoms with Crippen LogP contribution in [0.3, 0.4) is 0 Å². The van der Waals surface area contributed by atoms with Crippen molar-refractivity contribution in [1.82, 2.24) is 20.0 Å². The maximum atomic E-state index is 4.47. The molecule has 4 rings (SSSR count). The van der Waals surface area contributed by atoms with Crippen LogP contribution in [0.25, 0.3) is 21.8 Å². The predicted molar refractivity (Wildman–Crippen MR) is 93.5 cm³/mol. The molecule has 2 aromatic heterocycles. The maximum absolute atomic E-state index is 4.47. The average Bonchev–Trinajstić information content (AvgIpc) is 3.18. The van der Waals surface area contributed by atoms with Crippen LogP contribution in [-0.2, 0) is 6.54 Å². The van der Waals surface area contributed by atoms with Crippen molar-refractivity contribution in [3.05, 3.63) is 54.4 Å². The molecule has 0 saturated carbocycles. The van der Waals surface area contributed by atoms with E-state index in [2.05, 4.69) is 69.5 Å². The van der Waals surface area contributed by atoms with Crippen molar-refractivity contribution in [2.24, 2.45) is 0 Å². The summed E-state index contributed by atoms with van der Waals surface area (Å²) in [6.07, 6.45) is 3.78. The van der Waals surface area contributed by atoms with E-state index in [1.165, 1.54) is 16.5 Å². The number of rotatable bonds is 4. The molecule has 2 N–H and O–H groups in total. The van der Waals surface area contributed by atoms with Crippen molar-refractivity contribution in [1.29, 1.82) is 0 Å². The minimum atomic E-state index is 0.373. The molecule has 5 heteroatoms. The second-order valence-corrected chi connectivity index (χ2v) is 6.10. The first kappa shape index (κ1) is 13.8. The van der Waals surface area contributed by atoms with E-state index in [4.69, 9.17) is 0 Å². The van der Waals surface area contributed by atoms with Gasteiger partial charge < -0.3 is 5.32 Å². The normalized spacial score (nSPS) is 11.6. The molecule has 116 valence electrons. The molecule has 0 atom stereocenters. The topological polar surface area (TPSA) is 58.5 Å². The molecule has 2 heterocycles. The zero-order chi connectivity index (χ0) is 15.8. The van der Waals surface area contributed by atoms with Crippen molar-refractivity contribution in [2.75, 3.05) is 5.32 Å². The van der Waals surface area contributed by atoms with Gasteiger partial charge in [-0.1, -0.05) is 6.07 Å². The Bertz CT molecular complexity index is 964. The molecule has 0 aliphatic rings. The summed E-state index contributed by atoms with van der Waals surface area (Å²) < 4.78 is 2.05. The summed E-state index contributed by atoms with van der Waals surface area (Å²) in [4.78, 5) is 0. The van der Waals surface area contributed by atoms with E-state index in [1.807, 2.05) is 18.5 Å². The number of nitrogens with one attached hydrogen (secondary N) is 2. The fourth-order valence-corrected chi connectivity index (χ4v) is 2.88. The number of hydrogen-bond donors (Lipinski definition) is 2. The van der Waals surface area contributed by atoms with E-state index in [1.54, 1.807) is 0 Å². The molecule has 0 saturated heterocycles. The standard InChI is InChI=1S/C18H19N5/c1-12(2)23-18-6-3-13(7-15(18)11-21-23)9-19-16-4-5-17-14(8-16)10-20-22-17/h3-8,10-12,19H,9H2,1-2H3,(H,20,22). The molecule has 2 aromatic carbocycles. The van der Waals surface area contributed by atoms with Gasteiger partial charge in [0.1, 0.15) is 0 Å². The van der Waals surface area contributed by atoms with Crippen LogP contribution in [0.2, 0.25) is 0 Å². The van der Waals surface area contributed by atoms with Crippen LogP contribution >= 0.6 is 0 Å². The Balaban J connectivity index is 1.55. The van der Waals surface area contributed by atoms with Gasteiger partial charge in [-0.3, -0.25) is 9.78 Å². The van der Waals surface area contributed by atoms with E-state index in [-0.39, 0.29) is 0 Å². The van der Waals surface area contributed by atoms with Gasteiger partial charge in [-0.15, -0.1) is 0 Å². The summed E-state index contributed by atoms with van der Waals surface area (Å²) in [5, 5.41) is 17.2. The van der Waals surface area contributed by atoms with Crippen LogP contribution in [-0.4, -0.2) is 20.0 Å². The minimum absolute atomic E-state index is 0.373. The second-order valence-electron chi connectivity index (χ2n) is 6.10. The molecule has 0 unspecified atom stereocenters. The minimum Gasteiger partial charge on any atom is -0.381 e. The van der Waals surface area contributed by atoms with E-state index < -0.39 is 0 Å². The third kappa shape index (κ3) is 2.54. The average molecular weight is 305 g/mol. The molecule has 0 aliphatic heterocycles. The van der Waals surface area contributed by atoms with Gasteiger partial charge in [-0.25, -0.2) is 0 Å². The summed E-state index contributed by atoms with van der Waals surface area (Å²) >= 11 is 0. The van der Waals surface area contributed by atoms with E-state index in [0.29, 0.717) is 6.04 Å². The highest BCUT2D eigenvalue weighted by Gasteiger charge is 2.06. The SMILES string of the molecule is CC(C)n1ncc2cc(CNc3ccc4[nH]ncc4c3)ccc21. The van der Waals surface area contributed by atoms with Crippen LogP contribution in [0.15, 0.2) is 48.8 Å². The number of hydrogen-bond acceptors (Lipinski definition) is 3. The van der Waals surface area contributed by atoms with Crippen LogP contribution in [0.4, 0.5) is 5.69 Å². The summed E-state index contributed by atoms with van der Waals surface area (Å²) in [6, 6.07) is 13.1. The largest absolute Gasteiger partial charge is 0.381 e. The highest BCUT2D eigenvalue weighted by Crippen LogP contribution is 2.21. The Morgan fingerprint density at radius 3 is 2.87 bits per heavy atom. The number of nitrogens with zero attached hydrogens (tertiary/aromatic N) is 3. The Hall–Kier alpha value is -2.82. The molecule has 0 amide bonds. The molecule has 0 radical (unpaired) electrons. The Kier molecular flexibility index (Phi) is 3.26. The summed E-state index contributed by atoms with van der Waals surface area (Å²) in [6.45, 7) is 5.08. The molecular formula is C18H19N5. The Labute approximate surface area is 134 Å². The zero-order valence-electron chi connectivity index (χ0n) is 13.2. The molecule has 0 bridgehead atoms. The zero-order valence-corrected chi connectivity index (χ0v) is 13.2. The number of H-pyrrole nitrogens is 1. The van der Waals surface area contributed by atoms with E-state index in [0.717, 1.165) is 23.1 Å². The lowest BCUT2D eigenvalue weighted by Gasteiger charge is -2.09. The fourth-order valence-electron chi connectivity index (χ4n) is 2.88. The predicted octanol–water partition coefficient (Wildman–Crippen LogP) is 4.11. The van der Waals surface area contributed by atoms with Gasteiger partial charge in [-0.2, -0.15) is 10.2 Å². The van der Waals surface area contributed by atoms with Gasteiger partial charge in [0, 0.05) is 29.0 Å². The molecule has 23 heavy (non-hydrogen) atoms. The Morgan fingerprint density at radius 2 is 2.00 bits per heavy atom. The van der Waals surface area contributed by atoms with Crippen molar-refractivity contribution in [2.45, 2.75) is 26.4 Å². The van der Waals surface area contributed by atoms with Crippen LogP contribution in [0, 0.1) is 0 Å². The fraction of sp³-hybridized carbons (Fsp3) is 0.222. The Morgan fingerprint density at radius 1 is 1.09 bits per heavy atom. The third-order valence-corrected chi connectivity index (χ3v) is 4.09. The molecule has 0 spiro atoms. The number of aromatic amines is 1. The van der Waals surface area contributed by atoms with Gasteiger partial charge in [0.25, 0.3) is 0 Å². The van der Waals surface area contributed by atoms with Gasteiger partial charge in [0.15, 0.2) is 0 Å². The van der Waals surface area contributed by atoms with Crippen LogP contribution < -0.4 is 5.32 Å². The number of anilines is 1. The lowest BCUT2D eigenvalue weighted by Crippen LogP contribution is -2.02. The lowest BCUT2D eigenvalue weighted by molar-refractivity contribution is 0.551. The van der Waals surface area contributed by atoms with Gasteiger partial charge in [0.05, 0.1) is 23.4 Å². The lowest BCUT2D eigenvalue weighted by atomic mass is 10.1. The number of benzene rings is 2. The smallest absolute Gasteiger partial charge is 0.0685 e. The molecule has 5 nitrogen and oxygen atoms in total. The maximum Gasteiger partial charge on any atom is 0.0685 e. The van der Waals surface area contributed by atoms with Crippen LogP contribution in [0.5, 0.6) is 0 Å². The summed E-state index contributed by atoms with van der Waals surface area (Å²) in [7, 11) is 0. The quantitative estimate of drug-likeness (QED) is 0.596. The monoisotopic (exact) mass is 305 g/mol. The second kappa shape index (κ2) is 5.43. The first-order valence-corrected chi connectivity index (χ1v) is 7.84. The molecule has 0 aliphatic carbocycles. The number of fused-ring (bicyclic) bond motifs is 2. The van der Waals surface area contributed by atoms with Gasteiger partial charge in [-0.05, 0) is 49.7 Å². The third-order valence-electron chi connectivity index (χ3n) is 4.09. The van der Waals surface area contributed by atoms with Gasteiger partial charge in [0.2, 0.25) is 0 Å². The first-order valence-electron chi connectivity index (χ1n) is 7.84. The van der Waals surface area contributed by atoms with Crippen molar-refractivity contribution >= 4 is 27.5 Å². The van der Waals surface area contributed by atoms with Crippen molar-refractivity contribution in [3.63, 3.8) is 0 Å². The molecule has 0 fully saturated rings. The van der Waals surface area contributed by atoms with E-state index in [9.17, 15) is 0 Å². The van der Waals surface area contributed by atoms with Crippen molar-refractivity contribution < 1.29 is 0 Å². The first-order chi connectivity index (χ1) is 11.2. The van der Waals surface area contributed by atoms with E-state index >= 15 is 0 Å². The molecule has 4 aromatic rings. The summed E-state index contributed by atoms with van der Waals surface area (Å²) in [5.74, 6) is 0. The molecular weight excluding hydrogens is 286 g/mol. The van der Waals surface area contributed by atoms with Crippen LogP contribution in [0.1, 0.15) is 25.5 Å². The highest BCUT2D eigenvalue weighted by molar-refractivity contribution is 5.82. The summed E-state index contributed by atoms with van der Waals surface area (Å²) in [5.41, 5.74) is 4.58. The number of aromatic nitrogens is 4. The highest BCUT2D eigenvalue weighted by atomic mass is 15.3.